The van der Waals surface area contributed by atoms with Gasteiger partial charge in [0.2, 0.25) is 0 Å². The molecule has 3 rings (SSSR count). The van der Waals surface area contributed by atoms with E-state index in [1.165, 1.54) is 0 Å². The fourth-order valence-corrected chi connectivity index (χ4v) is 3.36. The molecule has 0 saturated carbocycles. The number of hydrogen-bond donors (Lipinski definition) is 1. The molecule has 0 spiro atoms. The van der Waals surface area contributed by atoms with Crippen LogP contribution in [0.3, 0.4) is 0 Å². The maximum atomic E-state index is 6.17. The summed E-state index contributed by atoms with van der Waals surface area (Å²) in [7, 11) is 0. The molecule has 3 aromatic rings. The second-order valence-corrected chi connectivity index (χ2v) is 5.90. The molecule has 2 aromatic carbocycles. The van der Waals surface area contributed by atoms with Gasteiger partial charge in [0.25, 0.3) is 0 Å². The van der Waals surface area contributed by atoms with Gasteiger partial charge in [0, 0.05) is 0 Å². The second kappa shape index (κ2) is 5.51. The summed E-state index contributed by atoms with van der Waals surface area (Å²) in [5.41, 5.74) is 3.85. The van der Waals surface area contributed by atoms with Gasteiger partial charge in [-0.1, -0.05) is 0 Å². The van der Waals surface area contributed by atoms with Crippen LogP contribution >= 0.6 is 23.2 Å². The number of benzene rings is 2. The first-order valence-electron chi connectivity index (χ1n) is 5.64. The maximum absolute atomic E-state index is 6.17. The number of aromatic nitrogens is 2. The first kappa shape index (κ1) is 12.9. The van der Waals surface area contributed by atoms with Crippen LogP contribution in [0.5, 0.6) is 0 Å². The predicted octanol–water partition coefficient (Wildman–Crippen LogP) is 3.61. The number of halogens is 2. The summed E-state index contributed by atoms with van der Waals surface area (Å²) in [6.07, 6.45) is 0. The average Bonchev–Trinajstić information content (AvgIpc) is 2.89. The minimum atomic E-state index is -0.0200. The Labute approximate surface area is 126 Å². The fraction of sp³-hybridized carbons (Fsp3) is 0.0769. The van der Waals surface area contributed by atoms with Crippen LogP contribution in [0.15, 0.2) is 36.4 Å². The van der Waals surface area contributed by atoms with Gasteiger partial charge in [-0.15, -0.1) is 0 Å². The minimum absolute atomic E-state index is 0.0200. The fourth-order valence-electron chi connectivity index (χ4n) is 1.82. The van der Waals surface area contributed by atoms with E-state index in [1.807, 2.05) is 30.3 Å². The van der Waals surface area contributed by atoms with Crippen LogP contribution in [0.2, 0.25) is 10.0 Å². The summed E-state index contributed by atoms with van der Waals surface area (Å²) in [5, 5.41) is 4.51. The van der Waals surface area contributed by atoms with Crippen molar-refractivity contribution in [2.24, 2.45) is 0 Å². The third-order valence-electron chi connectivity index (χ3n) is 2.79. The van der Waals surface area contributed by atoms with E-state index in [-0.39, 0.29) is 15.0 Å². The van der Waals surface area contributed by atoms with E-state index < -0.39 is 0 Å². The monoisotopic (exact) mass is 357 g/mol. The molecule has 6 heteroatoms. The van der Waals surface area contributed by atoms with E-state index >= 15 is 0 Å². The molecule has 19 heavy (non-hydrogen) atoms. The van der Waals surface area contributed by atoms with Crippen molar-refractivity contribution >= 4 is 54.9 Å². The Morgan fingerprint density at radius 2 is 1.89 bits per heavy atom. The molecule has 3 nitrogen and oxygen atoms in total. The van der Waals surface area contributed by atoms with Gasteiger partial charge in [-0.25, -0.2) is 0 Å². The molecule has 0 atom stereocenters. The van der Waals surface area contributed by atoms with Crippen molar-refractivity contribution in [2.45, 2.75) is 6.54 Å². The van der Waals surface area contributed by atoms with Crippen LogP contribution in [-0.4, -0.2) is 22.9 Å². The molecule has 0 amide bonds. The molecule has 1 N–H and O–H groups in total. The third-order valence-corrected chi connectivity index (χ3v) is 4.78. The topological polar surface area (TPSA) is 37.8 Å². The van der Waals surface area contributed by atoms with Gasteiger partial charge < -0.3 is 0 Å². The number of hydrogen-bond acceptors (Lipinski definition) is 3. The van der Waals surface area contributed by atoms with Crippen molar-refractivity contribution in [1.29, 1.82) is 0 Å². The molecule has 1 heterocycles. The summed E-state index contributed by atoms with van der Waals surface area (Å²) in [5.74, 6) is 0. The van der Waals surface area contributed by atoms with Crippen LogP contribution in [-0.2, 0) is 6.54 Å². The van der Waals surface area contributed by atoms with Gasteiger partial charge in [0.05, 0.1) is 0 Å². The third kappa shape index (κ3) is 2.63. The quantitative estimate of drug-likeness (QED) is 0.728. The number of nitrogens with zero attached hydrogens (tertiary/aromatic N) is 2. The molecular weight excluding hydrogens is 348 g/mol. The number of anilines is 1. The van der Waals surface area contributed by atoms with Crippen molar-refractivity contribution in [1.82, 2.24) is 7.96 Å². The first-order chi connectivity index (χ1) is 9.25. The Balaban J connectivity index is 1.86. The standard InChI is InChI=1S/C13H9Cl2N3Se/c14-9-4-1-3-8(12(9)15)7-16-10-5-2-6-11-13(10)18-19-17-11/h1-6,16H,7H2. The Morgan fingerprint density at radius 1 is 1.05 bits per heavy atom. The van der Waals surface area contributed by atoms with Crippen molar-refractivity contribution in [3.8, 4) is 0 Å². The molecule has 0 radical (unpaired) electrons. The van der Waals surface area contributed by atoms with Gasteiger partial charge in [-0.3, -0.25) is 0 Å². The summed E-state index contributed by atoms with van der Waals surface area (Å²) < 4.78 is 8.78. The van der Waals surface area contributed by atoms with Crippen molar-refractivity contribution in [3.05, 3.63) is 52.0 Å². The van der Waals surface area contributed by atoms with Gasteiger partial charge in [0.1, 0.15) is 0 Å². The first-order valence-corrected chi connectivity index (χ1v) is 7.92. The summed E-state index contributed by atoms with van der Waals surface area (Å²) in [6, 6.07) is 11.6. The molecule has 0 fully saturated rings. The molecule has 1 aromatic heterocycles. The van der Waals surface area contributed by atoms with Crippen LogP contribution in [0.4, 0.5) is 5.69 Å². The second-order valence-electron chi connectivity index (χ2n) is 4.00. The predicted molar refractivity (Wildman–Crippen MR) is 80.3 cm³/mol. The number of nitrogens with one attached hydrogen (secondary N) is 1. The summed E-state index contributed by atoms with van der Waals surface area (Å²) in [4.78, 5) is 0. The van der Waals surface area contributed by atoms with E-state index in [4.69, 9.17) is 23.2 Å². The van der Waals surface area contributed by atoms with Crippen LogP contribution < -0.4 is 5.32 Å². The van der Waals surface area contributed by atoms with E-state index in [0.717, 1.165) is 22.3 Å². The molecule has 0 saturated heterocycles. The molecule has 0 aliphatic rings. The normalized spacial score (nSPS) is 10.8. The summed E-state index contributed by atoms with van der Waals surface area (Å²) in [6.45, 7) is 0.609. The van der Waals surface area contributed by atoms with E-state index in [2.05, 4.69) is 13.3 Å². The Morgan fingerprint density at radius 3 is 2.79 bits per heavy atom. The molecule has 0 unspecified atom stereocenters. The van der Waals surface area contributed by atoms with E-state index in [1.54, 1.807) is 6.07 Å². The zero-order chi connectivity index (χ0) is 13.2. The van der Waals surface area contributed by atoms with Crippen molar-refractivity contribution in [2.75, 3.05) is 5.32 Å². The Kier molecular flexibility index (Phi) is 3.76. The van der Waals surface area contributed by atoms with Gasteiger partial charge in [-0.2, -0.15) is 0 Å². The number of fused-ring (bicyclic) bond motifs is 1. The van der Waals surface area contributed by atoms with Gasteiger partial charge >= 0.3 is 127 Å². The van der Waals surface area contributed by atoms with Crippen LogP contribution in [0, 0.1) is 0 Å². The zero-order valence-electron chi connectivity index (χ0n) is 9.73. The van der Waals surface area contributed by atoms with Crippen molar-refractivity contribution in [3.63, 3.8) is 0 Å². The van der Waals surface area contributed by atoms with E-state index in [0.29, 0.717) is 16.6 Å². The van der Waals surface area contributed by atoms with E-state index in [9.17, 15) is 0 Å². The molecule has 0 aliphatic heterocycles. The summed E-state index contributed by atoms with van der Waals surface area (Å²) >= 11 is 12.1. The van der Waals surface area contributed by atoms with Crippen molar-refractivity contribution < 1.29 is 0 Å². The number of rotatable bonds is 3. The zero-order valence-corrected chi connectivity index (χ0v) is 13.0. The SMILES string of the molecule is Clc1cccc(CNc2cccc3n[se]nc23)c1Cl. The Bertz CT molecular complexity index is 727. The van der Waals surface area contributed by atoms with Crippen LogP contribution in [0.25, 0.3) is 11.0 Å². The molecule has 96 valence electrons. The molecule has 0 bridgehead atoms. The molecule has 0 aliphatic carbocycles. The van der Waals surface area contributed by atoms with Gasteiger partial charge in [0.15, 0.2) is 0 Å². The molecular formula is C13H9Cl2N3Se. The Hall–Kier alpha value is -1.06. The van der Waals surface area contributed by atoms with Gasteiger partial charge in [-0.05, 0) is 0 Å². The van der Waals surface area contributed by atoms with Crippen LogP contribution in [0.1, 0.15) is 5.56 Å². The average molecular weight is 357 g/mol.